The smallest absolute Gasteiger partial charge is 0.0724 e. The Labute approximate surface area is 338 Å². The van der Waals surface area contributed by atoms with Crippen LogP contribution in [0.3, 0.4) is 0 Å². The summed E-state index contributed by atoms with van der Waals surface area (Å²) in [6.07, 6.45) is 0. The minimum Gasteiger partial charge on any atom is -0.310 e. The average molecular weight is 743 g/mol. The van der Waals surface area contributed by atoms with Gasteiger partial charge in [-0.15, -0.1) is 0 Å². The average Bonchev–Trinajstić information content (AvgIpc) is 3.63. The number of nitrogens with zero attached hydrogens (tertiary/aromatic N) is 4. The molecule has 0 N–H and O–H groups in total. The second-order valence-electron chi connectivity index (χ2n) is 14.6. The standard InChI is InChI=1S/C54H38N4/c1-5-17-41(18-6-1)55(42-19-7-2-8-20-42)46-34-36-53-54(38-46)58(44-23-11-4-12-24-44)52-28-16-15-27-51(52)57(53)45-32-29-39(30-33-45)40-31-35-50-48(37-40)47-25-13-14-26-49(47)56(50)43-21-9-3-10-22-43/h1-38H. The van der Waals surface area contributed by atoms with Crippen molar-refractivity contribution in [2.75, 3.05) is 14.7 Å². The molecular weight excluding hydrogens is 705 g/mol. The maximum atomic E-state index is 2.41. The summed E-state index contributed by atoms with van der Waals surface area (Å²) in [5, 5.41) is 2.50. The Hall–Kier alpha value is -7.82. The van der Waals surface area contributed by atoms with Crippen LogP contribution < -0.4 is 14.7 Å². The molecule has 4 nitrogen and oxygen atoms in total. The van der Waals surface area contributed by atoms with Crippen molar-refractivity contribution in [3.63, 3.8) is 0 Å². The van der Waals surface area contributed by atoms with Gasteiger partial charge in [-0.25, -0.2) is 0 Å². The number of aromatic nitrogens is 1. The van der Waals surface area contributed by atoms with E-state index in [1.54, 1.807) is 0 Å². The molecule has 1 aliphatic rings. The first-order valence-corrected chi connectivity index (χ1v) is 19.8. The molecule has 0 amide bonds. The molecule has 4 heteroatoms. The van der Waals surface area contributed by atoms with Crippen LogP contribution in [0, 0.1) is 0 Å². The zero-order valence-electron chi connectivity index (χ0n) is 31.7. The van der Waals surface area contributed by atoms with E-state index in [1.165, 1.54) is 38.6 Å². The maximum Gasteiger partial charge on any atom is 0.0724 e. The fraction of sp³-hybridized carbons (Fsp3) is 0. The molecule has 1 aliphatic heterocycles. The summed E-state index contributed by atoms with van der Waals surface area (Å²) in [5.74, 6) is 0. The lowest BCUT2D eigenvalue weighted by Crippen LogP contribution is -2.24. The number of hydrogen-bond acceptors (Lipinski definition) is 3. The predicted molar refractivity (Wildman–Crippen MR) is 244 cm³/mol. The third-order valence-electron chi connectivity index (χ3n) is 11.3. The highest BCUT2D eigenvalue weighted by atomic mass is 15.3. The molecule has 10 aromatic rings. The molecule has 0 atom stereocenters. The van der Waals surface area contributed by atoms with Gasteiger partial charge >= 0.3 is 0 Å². The van der Waals surface area contributed by atoms with Crippen LogP contribution in [-0.4, -0.2) is 4.57 Å². The van der Waals surface area contributed by atoms with Crippen molar-refractivity contribution in [3.05, 3.63) is 231 Å². The minimum atomic E-state index is 1.08. The van der Waals surface area contributed by atoms with E-state index in [-0.39, 0.29) is 0 Å². The van der Waals surface area contributed by atoms with Crippen molar-refractivity contribution >= 4 is 73.0 Å². The van der Waals surface area contributed by atoms with Crippen LogP contribution >= 0.6 is 0 Å². The number of anilines is 9. The van der Waals surface area contributed by atoms with Gasteiger partial charge < -0.3 is 19.3 Å². The summed E-state index contributed by atoms with van der Waals surface area (Å²) >= 11 is 0. The fourth-order valence-corrected chi connectivity index (χ4v) is 8.67. The molecule has 0 saturated heterocycles. The van der Waals surface area contributed by atoms with Crippen LogP contribution in [0.4, 0.5) is 51.2 Å². The van der Waals surface area contributed by atoms with Crippen molar-refractivity contribution in [1.29, 1.82) is 0 Å². The van der Waals surface area contributed by atoms with Crippen LogP contribution in [0.25, 0.3) is 38.6 Å². The molecule has 0 spiro atoms. The molecule has 0 bridgehead atoms. The normalized spacial score (nSPS) is 12.1. The topological polar surface area (TPSA) is 14.7 Å². The maximum absolute atomic E-state index is 2.41. The SMILES string of the molecule is c1ccc(N(c2ccccc2)c2ccc3c(c2)N(c2ccccc2)c2ccccc2N3c2ccc(-c3ccc4c(c3)c3ccccc3n4-c3ccccc3)cc2)cc1. The Morgan fingerprint density at radius 3 is 1.41 bits per heavy atom. The van der Waals surface area contributed by atoms with E-state index in [1.807, 2.05) is 0 Å². The molecule has 1 aromatic heterocycles. The Morgan fingerprint density at radius 2 is 0.759 bits per heavy atom. The second kappa shape index (κ2) is 14.0. The third-order valence-corrected chi connectivity index (χ3v) is 11.3. The van der Waals surface area contributed by atoms with Gasteiger partial charge in [-0.1, -0.05) is 121 Å². The van der Waals surface area contributed by atoms with Gasteiger partial charge in [0.25, 0.3) is 0 Å². The lowest BCUT2D eigenvalue weighted by molar-refractivity contribution is 1.16. The number of rotatable bonds is 7. The van der Waals surface area contributed by atoms with E-state index >= 15 is 0 Å². The molecule has 0 unspecified atom stereocenters. The molecule has 9 aromatic carbocycles. The zero-order chi connectivity index (χ0) is 38.4. The van der Waals surface area contributed by atoms with Gasteiger partial charge in [0.15, 0.2) is 0 Å². The van der Waals surface area contributed by atoms with Gasteiger partial charge in [-0.2, -0.15) is 0 Å². The van der Waals surface area contributed by atoms with Crippen LogP contribution in [0.1, 0.15) is 0 Å². The van der Waals surface area contributed by atoms with E-state index < -0.39 is 0 Å². The van der Waals surface area contributed by atoms with E-state index in [0.717, 1.165) is 51.2 Å². The van der Waals surface area contributed by atoms with Crippen LogP contribution in [0.15, 0.2) is 231 Å². The lowest BCUT2D eigenvalue weighted by atomic mass is 10.0. The molecule has 2 heterocycles. The molecular formula is C54H38N4. The Balaban J connectivity index is 1.04. The lowest BCUT2D eigenvalue weighted by Gasteiger charge is -2.41. The molecule has 0 aliphatic carbocycles. The molecule has 58 heavy (non-hydrogen) atoms. The molecule has 274 valence electrons. The molecule has 0 saturated carbocycles. The van der Waals surface area contributed by atoms with Crippen molar-refractivity contribution in [3.8, 4) is 16.8 Å². The van der Waals surface area contributed by atoms with Crippen LogP contribution in [0.5, 0.6) is 0 Å². The highest BCUT2D eigenvalue weighted by Gasteiger charge is 2.31. The van der Waals surface area contributed by atoms with Gasteiger partial charge in [-0.05, 0) is 120 Å². The monoisotopic (exact) mass is 742 g/mol. The van der Waals surface area contributed by atoms with Gasteiger partial charge in [0.2, 0.25) is 0 Å². The van der Waals surface area contributed by atoms with Crippen molar-refractivity contribution < 1.29 is 0 Å². The van der Waals surface area contributed by atoms with E-state index in [9.17, 15) is 0 Å². The highest BCUT2D eigenvalue weighted by molar-refractivity contribution is 6.10. The number of para-hydroxylation sites is 7. The van der Waals surface area contributed by atoms with Crippen LogP contribution in [0.2, 0.25) is 0 Å². The van der Waals surface area contributed by atoms with Gasteiger partial charge in [0.1, 0.15) is 0 Å². The van der Waals surface area contributed by atoms with Crippen molar-refractivity contribution in [1.82, 2.24) is 4.57 Å². The van der Waals surface area contributed by atoms with Gasteiger partial charge in [0, 0.05) is 44.9 Å². The van der Waals surface area contributed by atoms with Crippen LogP contribution in [-0.2, 0) is 0 Å². The number of hydrogen-bond donors (Lipinski definition) is 0. The Bertz CT molecular complexity index is 3010. The van der Waals surface area contributed by atoms with Crippen molar-refractivity contribution in [2.24, 2.45) is 0 Å². The summed E-state index contributed by atoms with van der Waals surface area (Å²) < 4.78 is 2.37. The summed E-state index contributed by atoms with van der Waals surface area (Å²) in [4.78, 5) is 7.13. The molecule has 0 radical (unpaired) electrons. The first-order valence-electron chi connectivity index (χ1n) is 19.8. The molecule has 0 fully saturated rings. The number of fused-ring (bicyclic) bond motifs is 5. The second-order valence-corrected chi connectivity index (χ2v) is 14.6. The number of benzene rings is 9. The summed E-state index contributed by atoms with van der Waals surface area (Å²) in [5.41, 5.74) is 15.9. The Morgan fingerprint density at radius 1 is 0.276 bits per heavy atom. The van der Waals surface area contributed by atoms with Gasteiger partial charge in [-0.3, -0.25) is 0 Å². The van der Waals surface area contributed by atoms with E-state index in [2.05, 4.69) is 250 Å². The highest BCUT2D eigenvalue weighted by Crippen LogP contribution is 2.55. The predicted octanol–water partition coefficient (Wildman–Crippen LogP) is 15.2. The first-order chi connectivity index (χ1) is 28.8. The van der Waals surface area contributed by atoms with Gasteiger partial charge in [0.05, 0.1) is 33.8 Å². The quantitative estimate of drug-likeness (QED) is 0.162. The summed E-state index contributed by atoms with van der Waals surface area (Å²) in [6.45, 7) is 0. The summed E-state index contributed by atoms with van der Waals surface area (Å²) in [6, 6.07) is 82.8. The largest absolute Gasteiger partial charge is 0.310 e. The zero-order valence-corrected chi connectivity index (χ0v) is 31.7. The van der Waals surface area contributed by atoms with E-state index in [4.69, 9.17) is 0 Å². The third kappa shape index (κ3) is 5.62. The van der Waals surface area contributed by atoms with E-state index in [0.29, 0.717) is 0 Å². The summed E-state index contributed by atoms with van der Waals surface area (Å²) in [7, 11) is 0. The molecule has 11 rings (SSSR count). The Kier molecular flexibility index (Phi) is 8.11. The first kappa shape index (κ1) is 33.5. The fourth-order valence-electron chi connectivity index (χ4n) is 8.67. The minimum absolute atomic E-state index is 1.08. The van der Waals surface area contributed by atoms with Crippen molar-refractivity contribution in [2.45, 2.75) is 0 Å².